The van der Waals surface area contributed by atoms with Crippen molar-refractivity contribution in [2.24, 2.45) is 0 Å². The van der Waals surface area contributed by atoms with Crippen molar-refractivity contribution in [3.05, 3.63) is 157 Å². The minimum absolute atomic E-state index is 0. The fourth-order valence-electron chi connectivity index (χ4n) is 7.30. The Morgan fingerprint density at radius 2 is 1.12 bits per heavy atom. The Hall–Kier alpha value is -4.29. The summed E-state index contributed by atoms with van der Waals surface area (Å²) in [6.07, 6.45) is 3.44. The van der Waals surface area contributed by atoms with Gasteiger partial charge >= 0.3 is 21.1 Å². The molecule has 0 aliphatic carbocycles. The summed E-state index contributed by atoms with van der Waals surface area (Å²) in [5.74, 6) is 0. The topological polar surface area (TPSA) is 12.1 Å². The van der Waals surface area contributed by atoms with E-state index in [1.165, 1.54) is 33.0 Å². The maximum Gasteiger partial charge on any atom is 4.00 e. The summed E-state index contributed by atoms with van der Waals surface area (Å²) in [4.78, 5) is 2.45. The van der Waals surface area contributed by atoms with Crippen molar-refractivity contribution < 1.29 is 25.6 Å². The molecule has 0 fully saturated rings. The fourth-order valence-corrected chi connectivity index (χ4v) is 13.3. The quantitative estimate of drug-likeness (QED) is 0.106. The van der Waals surface area contributed by atoms with Crippen molar-refractivity contribution in [2.75, 3.05) is 4.90 Å². The number of hydrogen-bond donors (Lipinski definition) is 0. The molecule has 0 N–H and O–H groups in total. The van der Waals surface area contributed by atoms with E-state index < -0.39 is 16.1 Å². The van der Waals surface area contributed by atoms with Gasteiger partial charge in [0.15, 0.2) is 0 Å². The predicted molar refractivity (Wildman–Crippen MR) is 200 cm³/mol. The molecule has 48 heavy (non-hydrogen) atoms. The Labute approximate surface area is 300 Å². The summed E-state index contributed by atoms with van der Waals surface area (Å²) < 4.78 is 4.14. The number of fused-ring (bicyclic) bond motifs is 5. The summed E-state index contributed by atoms with van der Waals surface area (Å²) in [6, 6.07) is 55.2. The number of para-hydroxylation sites is 6. The van der Waals surface area contributed by atoms with Crippen LogP contribution in [0.2, 0.25) is 26.2 Å². The van der Waals surface area contributed by atoms with E-state index in [-0.39, 0.29) is 21.1 Å². The average Bonchev–Trinajstić information content (AvgIpc) is 3.49. The van der Waals surface area contributed by atoms with E-state index in [1.54, 1.807) is 10.4 Å². The summed E-state index contributed by atoms with van der Waals surface area (Å²) in [5, 5.41) is 6.06. The van der Waals surface area contributed by atoms with Crippen LogP contribution in [-0.4, -0.2) is 20.7 Å². The van der Waals surface area contributed by atoms with E-state index in [0.29, 0.717) is 0 Å². The smallest absolute Gasteiger partial charge is 0.359 e. The van der Waals surface area contributed by atoms with Crippen LogP contribution >= 0.6 is 0 Å². The van der Waals surface area contributed by atoms with Crippen LogP contribution in [0, 0.1) is 31.5 Å². The molecule has 3 nitrogen and oxygen atoms in total. The van der Waals surface area contributed by atoms with E-state index in [1.807, 2.05) is 24.3 Å². The van der Waals surface area contributed by atoms with E-state index in [0.717, 1.165) is 22.4 Å². The summed E-state index contributed by atoms with van der Waals surface area (Å²) in [6.45, 7) is 12.0. The Morgan fingerprint density at radius 3 is 1.73 bits per heavy atom. The van der Waals surface area contributed by atoms with Crippen molar-refractivity contribution in [3.63, 3.8) is 0 Å². The summed E-state index contributed by atoms with van der Waals surface area (Å²) in [5.41, 5.74) is 9.53. The normalized spacial score (nSPS) is 14.5. The third kappa shape index (κ3) is 5.08. The zero-order chi connectivity index (χ0) is 32.3. The molecule has 0 atom stereocenters. The third-order valence-corrected chi connectivity index (χ3v) is 16.9. The number of hydrogen-bond acceptors (Lipinski definition) is 1. The van der Waals surface area contributed by atoms with Gasteiger partial charge in [0.1, 0.15) is 0 Å². The van der Waals surface area contributed by atoms with Gasteiger partial charge in [0.05, 0.1) is 32.9 Å². The second-order valence-corrected chi connectivity index (χ2v) is 22.1. The van der Waals surface area contributed by atoms with Crippen molar-refractivity contribution >= 4 is 65.0 Å². The zero-order valence-electron chi connectivity index (χ0n) is 27.8. The van der Waals surface area contributed by atoms with Crippen LogP contribution in [0.15, 0.2) is 127 Å². The first-order valence-corrected chi connectivity index (χ1v) is 22.2. The second kappa shape index (κ2) is 12.3. The van der Waals surface area contributed by atoms with Crippen LogP contribution in [-0.2, 0) is 21.1 Å². The van der Waals surface area contributed by atoms with Crippen molar-refractivity contribution in [1.29, 1.82) is 0 Å². The van der Waals surface area contributed by atoms with Gasteiger partial charge in [-0.2, -0.15) is 78.9 Å². The molecule has 0 spiro atoms. The standard InChI is InChI=1S/C22H21NSi2.C20H15N2.Pt/c1-24(2)18-12-7-5-10-16(18)23-17-11-6-8-13-19(17)25(3,4)21-15-9-14-20(24)22(21)23;1-16-11-13-18(14-12-16)22-15-21(17-7-3-2-4-8-17)19-9-5-6-10-20(19)22;/h5-9,12-15H,1-4H3;2-7,9-14H,1H3;/q-2;-1;+4. The molecule has 1 aromatic heterocycles. The molecule has 7 aromatic rings. The van der Waals surface area contributed by atoms with Gasteiger partial charge in [-0.25, -0.2) is 0 Å². The Bertz CT molecular complexity index is 2200. The monoisotopic (exact) mass is 833 g/mol. The van der Waals surface area contributed by atoms with E-state index >= 15 is 0 Å². The summed E-state index contributed by atoms with van der Waals surface area (Å²) >= 11 is 0. The Kier molecular flexibility index (Phi) is 8.27. The van der Waals surface area contributed by atoms with Gasteiger partial charge in [-0.1, -0.05) is 97.7 Å². The molecule has 2 aliphatic rings. The van der Waals surface area contributed by atoms with Gasteiger partial charge in [-0.05, 0) is 35.1 Å². The number of imidazole rings is 1. The van der Waals surface area contributed by atoms with Gasteiger partial charge in [-0.15, -0.1) is 10.4 Å². The molecule has 0 bridgehead atoms. The first-order chi connectivity index (χ1) is 22.8. The first-order valence-electron chi connectivity index (χ1n) is 16.2. The molecule has 9 rings (SSSR count). The SMILES string of the molecule is C[Si]1(C)c2ccc[c-]c2N2c3[c-]cccc3[Si](C)(C)c3cccc1c32.Cc1ccc(-[n+]2[c-]n(-c3[c-]cccc3)c3ccccc32)cc1.[Pt+4]. The van der Waals surface area contributed by atoms with E-state index in [4.69, 9.17) is 0 Å². The van der Waals surface area contributed by atoms with Gasteiger partial charge in [0.2, 0.25) is 0 Å². The van der Waals surface area contributed by atoms with Gasteiger partial charge in [0, 0.05) is 5.69 Å². The molecule has 6 heteroatoms. The minimum Gasteiger partial charge on any atom is -0.359 e. The molecule has 0 saturated heterocycles. The molecule has 236 valence electrons. The van der Waals surface area contributed by atoms with Gasteiger partial charge < -0.3 is 9.47 Å². The molecule has 2 aliphatic heterocycles. The largest absolute Gasteiger partial charge is 4.00 e. The molecule has 0 saturated carbocycles. The number of rotatable bonds is 2. The van der Waals surface area contributed by atoms with Crippen molar-refractivity contribution in [1.82, 2.24) is 4.57 Å². The molecular formula is C42H36N3PtSi2+. The number of aromatic nitrogens is 2. The minimum atomic E-state index is -1.74. The maximum atomic E-state index is 3.57. The summed E-state index contributed by atoms with van der Waals surface area (Å²) in [7, 11) is -3.47. The molecule has 0 amide bonds. The van der Waals surface area contributed by atoms with Crippen LogP contribution in [0.4, 0.5) is 17.1 Å². The van der Waals surface area contributed by atoms with Crippen LogP contribution in [0.1, 0.15) is 5.56 Å². The number of benzene rings is 6. The van der Waals surface area contributed by atoms with Crippen LogP contribution in [0.3, 0.4) is 0 Å². The van der Waals surface area contributed by atoms with Gasteiger partial charge in [0.25, 0.3) is 6.33 Å². The predicted octanol–water partition coefficient (Wildman–Crippen LogP) is 6.84. The number of aryl methyl sites for hydroxylation is 1. The van der Waals surface area contributed by atoms with Crippen LogP contribution in [0.25, 0.3) is 22.4 Å². The molecular weight excluding hydrogens is 798 g/mol. The maximum absolute atomic E-state index is 3.57. The average molecular weight is 834 g/mol. The third-order valence-electron chi connectivity index (χ3n) is 9.86. The molecule has 3 heterocycles. The Balaban J connectivity index is 0.000000150. The molecule has 6 aromatic carbocycles. The van der Waals surface area contributed by atoms with Crippen LogP contribution < -0.4 is 30.2 Å². The number of nitrogens with zero attached hydrogens (tertiary/aromatic N) is 3. The first kappa shape index (κ1) is 32.3. The second-order valence-electron chi connectivity index (χ2n) is 13.5. The van der Waals surface area contributed by atoms with E-state index in [9.17, 15) is 0 Å². The van der Waals surface area contributed by atoms with Crippen molar-refractivity contribution in [3.8, 4) is 11.4 Å². The van der Waals surface area contributed by atoms with E-state index in [2.05, 4.69) is 175 Å². The fraction of sp³-hybridized carbons (Fsp3) is 0.119. The molecule has 0 radical (unpaired) electrons. The van der Waals surface area contributed by atoms with Gasteiger partial charge in [-0.3, -0.25) is 4.57 Å². The zero-order valence-corrected chi connectivity index (χ0v) is 32.1. The van der Waals surface area contributed by atoms with Crippen molar-refractivity contribution in [2.45, 2.75) is 33.1 Å². The number of anilines is 3. The van der Waals surface area contributed by atoms with Crippen LogP contribution in [0.5, 0.6) is 0 Å². The molecule has 0 unspecified atom stereocenters. The Morgan fingerprint density at radius 1 is 0.562 bits per heavy atom.